The third kappa shape index (κ3) is 5.29. The SMILES string of the molecule is c1cc(-c2ccc3c(c2)C2(c4ccccc4-c4ccccc42)c2ccccc2-3)cc(-c2ccc3oc4c(-c5cccc(-c6ccc7c(c6)C6(c8ccccc8-c8ccccc86)c6ccccc6-7)c5)ncnc4c3c2)c1. The van der Waals surface area contributed by atoms with Crippen LogP contribution >= 0.6 is 0 Å². The minimum atomic E-state index is -0.408. The van der Waals surface area contributed by atoms with Crippen molar-refractivity contribution in [1.82, 2.24) is 9.97 Å². The first-order valence-corrected chi connectivity index (χ1v) is 25.9. The van der Waals surface area contributed by atoms with Gasteiger partial charge in [0.2, 0.25) is 0 Å². The van der Waals surface area contributed by atoms with Gasteiger partial charge in [-0.15, -0.1) is 0 Å². The van der Waals surface area contributed by atoms with E-state index in [1.165, 1.54) is 100 Å². The average molecular weight is 951 g/mol. The molecule has 0 radical (unpaired) electrons. The molecule has 2 aromatic heterocycles. The second-order valence-corrected chi connectivity index (χ2v) is 20.7. The van der Waals surface area contributed by atoms with Crippen molar-refractivity contribution < 1.29 is 4.42 Å². The van der Waals surface area contributed by atoms with Crippen molar-refractivity contribution in [1.29, 1.82) is 0 Å². The van der Waals surface area contributed by atoms with E-state index in [9.17, 15) is 0 Å². The van der Waals surface area contributed by atoms with Crippen molar-refractivity contribution in [3.8, 4) is 89.1 Å². The van der Waals surface area contributed by atoms with Gasteiger partial charge in [-0.3, -0.25) is 0 Å². The molecule has 17 rings (SSSR count). The maximum atomic E-state index is 6.73. The highest BCUT2D eigenvalue weighted by Gasteiger charge is 2.53. The first-order valence-electron chi connectivity index (χ1n) is 25.9. The normalized spacial score (nSPS) is 14.1. The number of hydrogen-bond donors (Lipinski definition) is 0. The molecule has 0 atom stereocenters. The molecular weight excluding hydrogens is 909 g/mol. The van der Waals surface area contributed by atoms with Crippen molar-refractivity contribution in [3.05, 3.63) is 300 Å². The molecule has 0 unspecified atom stereocenters. The van der Waals surface area contributed by atoms with Gasteiger partial charge < -0.3 is 4.42 Å². The zero-order valence-corrected chi connectivity index (χ0v) is 40.6. The summed E-state index contributed by atoms with van der Waals surface area (Å²) in [5.41, 5.74) is 31.2. The van der Waals surface area contributed by atoms with Crippen molar-refractivity contribution in [3.63, 3.8) is 0 Å². The summed E-state index contributed by atoms with van der Waals surface area (Å²) in [7, 11) is 0. The van der Waals surface area contributed by atoms with E-state index in [1.54, 1.807) is 6.33 Å². The summed E-state index contributed by atoms with van der Waals surface area (Å²) < 4.78 is 6.73. The molecule has 0 bridgehead atoms. The largest absolute Gasteiger partial charge is 0.452 e. The third-order valence-electron chi connectivity index (χ3n) is 17.2. The molecule has 0 amide bonds. The lowest BCUT2D eigenvalue weighted by atomic mass is 9.70. The Morgan fingerprint density at radius 1 is 0.267 bits per heavy atom. The molecule has 346 valence electrons. The fraction of sp³-hybridized carbons (Fsp3) is 0.0278. The first kappa shape index (κ1) is 40.8. The van der Waals surface area contributed by atoms with Crippen LogP contribution in [0.15, 0.2) is 259 Å². The molecule has 0 fully saturated rings. The molecule has 3 heteroatoms. The summed E-state index contributed by atoms with van der Waals surface area (Å²) in [6.07, 6.45) is 1.68. The zero-order valence-electron chi connectivity index (χ0n) is 40.6. The fourth-order valence-corrected chi connectivity index (χ4v) is 14.2. The molecule has 11 aromatic carbocycles. The topological polar surface area (TPSA) is 38.9 Å². The quantitative estimate of drug-likeness (QED) is 0.176. The molecule has 0 saturated heterocycles. The van der Waals surface area contributed by atoms with Gasteiger partial charge in [-0.25, -0.2) is 9.97 Å². The second kappa shape index (κ2) is 14.9. The Morgan fingerprint density at radius 3 is 1.05 bits per heavy atom. The second-order valence-electron chi connectivity index (χ2n) is 20.7. The monoisotopic (exact) mass is 950 g/mol. The lowest BCUT2D eigenvalue weighted by Crippen LogP contribution is -2.25. The Kier molecular flexibility index (Phi) is 8.14. The van der Waals surface area contributed by atoms with E-state index in [4.69, 9.17) is 14.4 Å². The van der Waals surface area contributed by atoms with Crippen LogP contribution in [0.3, 0.4) is 0 Å². The van der Waals surface area contributed by atoms with Crippen molar-refractivity contribution in [2.45, 2.75) is 10.8 Å². The maximum absolute atomic E-state index is 6.73. The Morgan fingerprint density at radius 2 is 0.613 bits per heavy atom. The third-order valence-corrected chi connectivity index (χ3v) is 17.2. The number of benzene rings is 11. The standard InChI is InChI=1S/C72H42N2O/c1-7-25-59-50(19-1)51-20-2-8-26-60(51)71(59)63-29-11-5-23-54(63)56-34-31-47(40-65(56)71)44-16-13-15-43(37-44)46-33-36-67-58(39-46)69-70(75-67)68(73-42-74-69)49-18-14-17-45(38-49)48-32-35-57-55-24-6-12-30-64(55)72(66(57)41-48)61-27-9-3-21-52(61)53-22-4-10-28-62(53)72/h1-42H. The molecule has 0 N–H and O–H groups in total. The van der Waals surface area contributed by atoms with Crippen molar-refractivity contribution in [2.24, 2.45) is 0 Å². The van der Waals surface area contributed by atoms with Crippen LogP contribution in [-0.4, -0.2) is 9.97 Å². The molecule has 4 aliphatic rings. The minimum Gasteiger partial charge on any atom is -0.452 e. The molecule has 75 heavy (non-hydrogen) atoms. The van der Waals surface area contributed by atoms with E-state index >= 15 is 0 Å². The molecule has 4 aliphatic carbocycles. The Balaban J connectivity index is 0.745. The van der Waals surface area contributed by atoms with E-state index in [2.05, 4.69) is 249 Å². The van der Waals surface area contributed by atoms with Gasteiger partial charge in [0.15, 0.2) is 5.58 Å². The number of nitrogens with zero attached hydrogens (tertiary/aromatic N) is 2. The lowest BCUT2D eigenvalue weighted by molar-refractivity contribution is 0.667. The van der Waals surface area contributed by atoms with Gasteiger partial charge in [0.1, 0.15) is 23.1 Å². The number of fused-ring (bicyclic) bond motifs is 23. The van der Waals surface area contributed by atoms with Crippen LogP contribution in [0.2, 0.25) is 0 Å². The number of rotatable bonds is 4. The predicted molar refractivity (Wildman–Crippen MR) is 304 cm³/mol. The van der Waals surface area contributed by atoms with Gasteiger partial charge in [-0.1, -0.05) is 212 Å². The van der Waals surface area contributed by atoms with E-state index in [1.807, 2.05) is 0 Å². The molecule has 2 spiro atoms. The zero-order chi connectivity index (χ0) is 49.0. The maximum Gasteiger partial charge on any atom is 0.180 e. The molecule has 0 aliphatic heterocycles. The van der Waals surface area contributed by atoms with Gasteiger partial charge >= 0.3 is 0 Å². The Bertz CT molecular complexity index is 4500. The van der Waals surface area contributed by atoms with Crippen LogP contribution in [0.5, 0.6) is 0 Å². The van der Waals surface area contributed by atoms with Gasteiger partial charge in [0.25, 0.3) is 0 Å². The average Bonchev–Trinajstić information content (AvgIpc) is 4.44. The van der Waals surface area contributed by atoms with Crippen molar-refractivity contribution in [2.75, 3.05) is 0 Å². The van der Waals surface area contributed by atoms with Crippen LogP contribution in [0.4, 0.5) is 0 Å². The Hall–Kier alpha value is -9.70. The summed E-state index contributed by atoms with van der Waals surface area (Å²) in [6.45, 7) is 0. The fourth-order valence-electron chi connectivity index (χ4n) is 14.2. The number of aromatic nitrogens is 2. The molecule has 13 aromatic rings. The van der Waals surface area contributed by atoms with Crippen LogP contribution in [0, 0.1) is 0 Å². The highest BCUT2D eigenvalue weighted by molar-refractivity contribution is 6.08. The lowest BCUT2D eigenvalue weighted by Gasteiger charge is -2.30. The van der Waals surface area contributed by atoms with Crippen LogP contribution in [0.25, 0.3) is 111 Å². The highest BCUT2D eigenvalue weighted by atomic mass is 16.3. The molecular formula is C72H42N2O. The molecule has 3 nitrogen and oxygen atoms in total. The highest BCUT2D eigenvalue weighted by Crippen LogP contribution is 2.65. The van der Waals surface area contributed by atoms with Gasteiger partial charge in [-0.2, -0.15) is 0 Å². The minimum absolute atomic E-state index is 0.392. The van der Waals surface area contributed by atoms with Crippen LogP contribution < -0.4 is 0 Å². The summed E-state index contributed by atoms with van der Waals surface area (Å²) >= 11 is 0. The predicted octanol–water partition coefficient (Wildman–Crippen LogP) is 17.7. The van der Waals surface area contributed by atoms with E-state index in [0.717, 1.165) is 50.0 Å². The van der Waals surface area contributed by atoms with Crippen LogP contribution in [0.1, 0.15) is 44.5 Å². The molecule has 2 heterocycles. The number of furan rings is 1. The Labute approximate surface area is 433 Å². The van der Waals surface area contributed by atoms with E-state index < -0.39 is 10.8 Å². The van der Waals surface area contributed by atoms with Crippen LogP contribution in [-0.2, 0) is 10.8 Å². The van der Waals surface area contributed by atoms with Crippen molar-refractivity contribution >= 4 is 22.1 Å². The summed E-state index contributed by atoms with van der Waals surface area (Å²) in [6, 6.07) is 92.3. The summed E-state index contributed by atoms with van der Waals surface area (Å²) in [4.78, 5) is 9.80. The molecule has 0 saturated carbocycles. The first-order chi connectivity index (χ1) is 37.2. The number of hydrogen-bond acceptors (Lipinski definition) is 3. The van der Waals surface area contributed by atoms with Gasteiger partial charge in [-0.05, 0) is 159 Å². The van der Waals surface area contributed by atoms with E-state index in [-0.39, 0.29) is 0 Å². The van der Waals surface area contributed by atoms with Gasteiger partial charge in [0, 0.05) is 10.9 Å². The summed E-state index contributed by atoms with van der Waals surface area (Å²) in [5, 5.41) is 0.962. The van der Waals surface area contributed by atoms with Gasteiger partial charge in [0.05, 0.1) is 10.8 Å². The smallest absolute Gasteiger partial charge is 0.180 e. The van der Waals surface area contributed by atoms with E-state index in [0.29, 0.717) is 5.58 Å². The summed E-state index contributed by atoms with van der Waals surface area (Å²) in [5.74, 6) is 0.